The standard InChI is InChI=1S/C10H23NO/c1-4-7-11(8-5-2)9-10-12-6-3/h4-10H2,1-3H3/i1T,2T. The third-order valence-electron chi connectivity index (χ3n) is 1.70. The highest BCUT2D eigenvalue weighted by molar-refractivity contribution is 4.54. The van der Waals surface area contributed by atoms with Gasteiger partial charge in [-0.1, -0.05) is 13.8 Å². The second-order valence-corrected chi connectivity index (χ2v) is 2.75. The molecule has 0 aliphatic rings. The van der Waals surface area contributed by atoms with Gasteiger partial charge in [-0.05, 0) is 32.9 Å². The SMILES string of the molecule is [3H]CCCN(CCC[3H])CCOCC. The van der Waals surface area contributed by atoms with Crippen molar-refractivity contribution in [1.29, 1.82) is 0 Å². The molecule has 0 aromatic heterocycles. The first-order valence-corrected chi connectivity index (χ1v) is 4.73. The first-order valence-electron chi connectivity index (χ1n) is 6.15. The van der Waals surface area contributed by atoms with Crippen LogP contribution in [0.2, 0.25) is 0 Å². The van der Waals surface area contributed by atoms with Crippen LogP contribution < -0.4 is 0 Å². The van der Waals surface area contributed by atoms with Crippen LogP contribution in [0.3, 0.4) is 0 Å². The molecular weight excluding hydrogens is 150 g/mol. The van der Waals surface area contributed by atoms with Crippen molar-refractivity contribution in [3.05, 3.63) is 0 Å². The predicted octanol–water partition coefficient (Wildman–Crippen LogP) is 2.14. The van der Waals surface area contributed by atoms with Gasteiger partial charge < -0.3 is 9.64 Å². The van der Waals surface area contributed by atoms with E-state index in [1.54, 1.807) is 0 Å². The molecule has 0 aromatic carbocycles. The van der Waals surface area contributed by atoms with Gasteiger partial charge in [0.2, 0.25) is 0 Å². The van der Waals surface area contributed by atoms with Gasteiger partial charge in [0.25, 0.3) is 0 Å². The molecule has 0 amide bonds. The van der Waals surface area contributed by atoms with Crippen LogP contribution in [0, 0.1) is 0 Å². The smallest absolute Gasteiger partial charge is 0.0593 e. The summed E-state index contributed by atoms with van der Waals surface area (Å²) in [5.41, 5.74) is 0. The van der Waals surface area contributed by atoms with Gasteiger partial charge in [-0.15, -0.1) is 0 Å². The third kappa shape index (κ3) is 6.62. The van der Waals surface area contributed by atoms with Crippen molar-refractivity contribution in [2.45, 2.75) is 33.6 Å². The lowest BCUT2D eigenvalue weighted by Gasteiger charge is -2.20. The Morgan fingerprint density at radius 2 is 1.83 bits per heavy atom. The van der Waals surface area contributed by atoms with E-state index in [-0.39, 0.29) is 0 Å². The van der Waals surface area contributed by atoms with Gasteiger partial charge >= 0.3 is 0 Å². The first-order chi connectivity index (χ1) is 6.85. The van der Waals surface area contributed by atoms with Crippen LogP contribution >= 0.6 is 0 Å². The minimum absolute atomic E-state index is 0.492. The summed E-state index contributed by atoms with van der Waals surface area (Å²) in [4.78, 5) is 2.29. The quantitative estimate of drug-likeness (QED) is 0.527. The van der Waals surface area contributed by atoms with Crippen molar-refractivity contribution in [2.75, 3.05) is 32.8 Å². The summed E-state index contributed by atoms with van der Waals surface area (Å²) in [6, 6.07) is 0. The molecule has 0 radical (unpaired) electrons. The van der Waals surface area contributed by atoms with Gasteiger partial charge in [-0.2, -0.15) is 0 Å². The summed E-state index contributed by atoms with van der Waals surface area (Å²) < 4.78 is 19.5. The lowest BCUT2D eigenvalue weighted by atomic mass is 10.3. The van der Waals surface area contributed by atoms with E-state index >= 15 is 0 Å². The molecule has 12 heavy (non-hydrogen) atoms. The highest BCUT2D eigenvalue weighted by Crippen LogP contribution is 1.93. The maximum Gasteiger partial charge on any atom is 0.0593 e. The normalized spacial score (nSPS) is 13.2. The highest BCUT2D eigenvalue weighted by atomic mass is 16.5. The molecule has 0 aliphatic carbocycles. The molecule has 0 aromatic rings. The molecular formula is C10H23NO. The third-order valence-corrected chi connectivity index (χ3v) is 1.70. The van der Waals surface area contributed by atoms with Gasteiger partial charge in [0, 0.05) is 15.9 Å². The van der Waals surface area contributed by atoms with Gasteiger partial charge in [-0.25, -0.2) is 0 Å². The summed E-state index contributed by atoms with van der Waals surface area (Å²) in [6.45, 7) is 7.40. The summed E-state index contributed by atoms with van der Waals surface area (Å²) in [7, 11) is 0. The van der Waals surface area contributed by atoms with Crippen LogP contribution in [-0.4, -0.2) is 37.7 Å². The number of nitrogens with zero attached hydrogens (tertiary/aromatic N) is 1. The van der Waals surface area contributed by atoms with Gasteiger partial charge in [0.1, 0.15) is 0 Å². The van der Waals surface area contributed by atoms with E-state index < -0.39 is 0 Å². The molecule has 0 unspecified atom stereocenters. The summed E-state index contributed by atoms with van der Waals surface area (Å²) in [5.74, 6) is 0. The van der Waals surface area contributed by atoms with E-state index in [2.05, 4.69) is 4.90 Å². The zero-order valence-electron chi connectivity index (χ0n) is 10.2. The summed E-state index contributed by atoms with van der Waals surface area (Å²) >= 11 is 0. The van der Waals surface area contributed by atoms with E-state index in [1.165, 1.54) is 0 Å². The van der Waals surface area contributed by atoms with Crippen LogP contribution in [0.1, 0.15) is 36.3 Å². The molecule has 0 atom stereocenters. The minimum Gasteiger partial charge on any atom is -0.380 e. The molecule has 2 nitrogen and oxygen atoms in total. The first kappa shape index (κ1) is 8.52. The van der Waals surface area contributed by atoms with Crippen LogP contribution in [0.25, 0.3) is 0 Å². The molecule has 0 bridgehead atoms. The van der Waals surface area contributed by atoms with E-state index in [1.807, 2.05) is 6.92 Å². The fourth-order valence-electron chi connectivity index (χ4n) is 1.12. The van der Waals surface area contributed by atoms with Crippen molar-refractivity contribution in [3.8, 4) is 0 Å². The fourth-order valence-corrected chi connectivity index (χ4v) is 1.12. The Labute approximate surface area is 79.7 Å². The molecule has 0 spiro atoms. The highest BCUT2D eigenvalue weighted by Gasteiger charge is 2.00. The monoisotopic (exact) mass is 177 g/mol. The Balaban J connectivity index is 3.49. The Morgan fingerprint density at radius 1 is 1.17 bits per heavy atom. The molecule has 0 saturated carbocycles. The van der Waals surface area contributed by atoms with E-state index in [4.69, 9.17) is 7.48 Å². The molecule has 0 heterocycles. The van der Waals surface area contributed by atoms with Crippen LogP contribution in [0.5, 0.6) is 0 Å². The predicted molar refractivity (Wildman–Crippen MR) is 53.5 cm³/mol. The minimum atomic E-state index is 0.492. The largest absolute Gasteiger partial charge is 0.380 e. The van der Waals surface area contributed by atoms with E-state index in [0.29, 0.717) is 13.8 Å². The van der Waals surface area contributed by atoms with Crippen LogP contribution in [-0.2, 0) is 4.74 Å². The van der Waals surface area contributed by atoms with Crippen LogP contribution in [0.4, 0.5) is 0 Å². The molecule has 0 fully saturated rings. The van der Waals surface area contributed by atoms with E-state index in [0.717, 1.165) is 45.7 Å². The van der Waals surface area contributed by atoms with Crippen molar-refractivity contribution < 1.29 is 7.48 Å². The second kappa shape index (κ2) is 9.01. The second-order valence-electron chi connectivity index (χ2n) is 2.75. The van der Waals surface area contributed by atoms with Crippen molar-refractivity contribution in [1.82, 2.24) is 4.90 Å². The zero-order valence-corrected chi connectivity index (χ0v) is 8.22. The maximum absolute atomic E-state index is 7.09. The van der Waals surface area contributed by atoms with Crippen molar-refractivity contribution >= 4 is 0 Å². The lowest BCUT2D eigenvalue weighted by Crippen LogP contribution is -2.29. The average Bonchev–Trinajstić information content (AvgIpc) is 2.21. The Bertz CT molecular complexity index is 106. The number of hydrogen-bond acceptors (Lipinski definition) is 2. The Hall–Kier alpha value is -0.0800. The Morgan fingerprint density at radius 3 is 2.33 bits per heavy atom. The van der Waals surface area contributed by atoms with Gasteiger partial charge in [0.05, 0.1) is 6.61 Å². The number of ether oxygens (including phenoxy) is 1. The number of rotatable bonds is 8. The lowest BCUT2D eigenvalue weighted by molar-refractivity contribution is 0.113. The summed E-state index contributed by atoms with van der Waals surface area (Å²) in [5, 5.41) is 0. The van der Waals surface area contributed by atoms with Crippen molar-refractivity contribution in [2.24, 2.45) is 0 Å². The molecule has 0 aliphatic heterocycles. The molecule has 0 N–H and O–H groups in total. The molecule has 0 rings (SSSR count). The maximum atomic E-state index is 7.09. The van der Waals surface area contributed by atoms with Crippen LogP contribution in [0.15, 0.2) is 0 Å². The molecule has 2 heteroatoms. The topological polar surface area (TPSA) is 12.5 Å². The number of hydrogen-bond donors (Lipinski definition) is 0. The van der Waals surface area contributed by atoms with Crippen molar-refractivity contribution in [3.63, 3.8) is 0 Å². The van der Waals surface area contributed by atoms with Gasteiger partial charge in [-0.3, -0.25) is 0 Å². The van der Waals surface area contributed by atoms with E-state index in [9.17, 15) is 0 Å². The molecule has 0 saturated heterocycles. The Kier molecular flexibility index (Phi) is 6.39. The van der Waals surface area contributed by atoms with Gasteiger partial charge in [0.15, 0.2) is 0 Å². The fraction of sp³-hybridized carbons (Fsp3) is 1.00. The molecule has 74 valence electrons. The summed E-state index contributed by atoms with van der Waals surface area (Å²) in [6.07, 6.45) is 1.84. The zero-order chi connectivity index (χ0) is 10.6. The average molecular weight is 177 g/mol.